The van der Waals surface area contributed by atoms with E-state index in [2.05, 4.69) is 10.3 Å². The standard InChI is InChI=1S/C15H13ClN2O4/c16-11-3-6-13(18-9-11)14(19)17-7-8-22-12-4-1-10(2-5-12)15(20)21/h1-6,9H,7-8H2,(H,17,19)(H,20,21). The van der Waals surface area contributed by atoms with E-state index in [1.54, 1.807) is 18.2 Å². The lowest BCUT2D eigenvalue weighted by Crippen LogP contribution is -2.28. The van der Waals surface area contributed by atoms with E-state index in [0.717, 1.165) is 0 Å². The number of nitrogens with one attached hydrogen (secondary N) is 1. The Morgan fingerprint density at radius 2 is 1.91 bits per heavy atom. The summed E-state index contributed by atoms with van der Waals surface area (Å²) in [5.41, 5.74) is 0.463. The molecule has 1 amide bonds. The maximum Gasteiger partial charge on any atom is 0.335 e. The van der Waals surface area contributed by atoms with Gasteiger partial charge in [0.1, 0.15) is 18.1 Å². The second-order valence-electron chi connectivity index (χ2n) is 4.30. The van der Waals surface area contributed by atoms with Crippen LogP contribution in [0.1, 0.15) is 20.8 Å². The number of carboxylic acids is 1. The van der Waals surface area contributed by atoms with Gasteiger partial charge in [-0.25, -0.2) is 9.78 Å². The van der Waals surface area contributed by atoms with Gasteiger partial charge >= 0.3 is 5.97 Å². The van der Waals surface area contributed by atoms with Gasteiger partial charge in [-0.05, 0) is 36.4 Å². The number of hydrogen-bond acceptors (Lipinski definition) is 4. The van der Waals surface area contributed by atoms with Crippen LogP contribution in [0.3, 0.4) is 0 Å². The predicted molar refractivity (Wildman–Crippen MR) is 80.5 cm³/mol. The molecule has 0 aliphatic carbocycles. The number of pyridine rings is 1. The monoisotopic (exact) mass is 320 g/mol. The molecule has 1 heterocycles. The summed E-state index contributed by atoms with van der Waals surface area (Å²) in [6.07, 6.45) is 1.40. The first-order valence-corrected chi connectivity index (χ1v) is 6.80. The molecule has 0 atom stereocenters. The summed E-state index contributed by atoms with van der Waals surface area (Å²) in [5.74, 6) is -0.778. The number of benzene rings is 1. The summed E-state index contributed by atoms with van der Waals surface area (Å²) in [6, 6.07) is 9.15. The van der Waals surface area contributed by atoms with E-state index in [4.69, 9.17) is 21.4 Å². The molecule has 6 nitrogen and oxygen atoms in total. The van der Waals surface area contributed by atoms with Crippen molar-refractivity contribution in [1.82, 2.24) is 10.3 Å². The summed E-state index contributed by atoms with van der Waals surface area (Å²) in [7, 11) is 0. The predicted octanol–water partition coefficient (Wildman–Crippen LogP) is 2.24. The maximum atomic E-state index is 11.7. The number of rotatable bonds is 6. The molecule has 0 saturated heterocycles. The first-order chi connectivity index (χ1) is 10.6. The molecule has 1 aromatic heterocycles. The van der Waals surface area contributed by atoms with Crippen molar-refractivity contribution >= 4 is 23.5 Å². The molecule has 0 bridgehead atoms. The number of hydrogen-bond donors (Lipinski definition) is 2. The number of carbonyl (C=O) groups is 2. The Balaban J connectivity index is 1.75. The molecular formula is C15H13ClN2O4. The molecule has 114 valence electrons. The Morgan fingerprint density at radius 1 is 1.18 bits per heavy atom. The number of carbonyl (C=O) groups excluding carboxylic acids is 1. The second kappa shape index (κ2) is 7.42. The summed E-state index contributed by atoms with van der Waals surface area (Å²) >= 11 is 5.69. The molecule has 0 aliphatic heterocycles. The third kappa shape index (κ3) is 4.46. The lowest BCUT2D eigenvalue weighted by atomic mass is 10.2. The van der Waals surface area contributed by atoms with Crippen LogP contribution in [0.4, 0.5) is 0 Å². The van der Waals surface area contributed by atoms with Crippen LogP contribution >= 0.6 is 11.6 Å². The average Bonchev–Trinajstić information content (AvgIpc) is 2.52. The van der Waals surface area contributed by atoms with Crippen molar-refractivity contribution in [1.29, 1.82) is 0 Å². The lowest BCUT2D eigenvalue weighted by molar-refractivity contribution is 0.0696. The molecule has 2 N–H and O–H groups in total. The van der Waals surface area contributed by atoms with Crippen molar-refractivity contribution in [3.8, 4) is 5.75 Å². The zero-order valence-electron chi connectivity index (χ0n) is 11.5. The highest BCUT2D eigenvalue weighted by molar-refractivity contribution is 6.30. The van der Waals surface area contributed by atoms with Crippen LogP contribution in [0.15, 0.2) is 42.6 Å². The zero-order valence-corrected chi connectivity index (χ0v) is 12.2. The molecular weight excluding hydrogens is 308 g/mol. The summed E-state index contributed by atoms with van der Waals surface area (Å²) in [4.78, 5) is 26.4. The normalized spacial score (nSPS) is 10.0. The summed E-state index contributed by atoms with van der Waals surface area (Å²) in [6.45, 7) is 0.551. The average molecular weight is 321 g/mol. The molecule has 0 spiro atoms. The number of carboxylic acid groups (broad SMARTS) is 1. The third-order valence-corrected chi connectivity index (χ3v) is 2.94. The van der Waals surface area contributed by atoms with Gasteiger partial charge in [-0.1, -0.05) is 11.6 Å². The van der Waals surface area contributed by atoms with Crippen LogP contribution in [0, 0.1) is 0 Å². The Kier molecular flexibility index (Phi) is 5.32. The Hall–Kier alpha value is -2.60. The molecule has 0 fully saturated rings. The fourth-order valence-electron chi connectivity index (χ4n) is 1.63. The number of aromatic carboxylic acids is 1. The van der Waals surface area contributed by atoms with Crippen molar-refractivity contribution in [2.24, 2.45) is 0 Å². The molecule has 2 aromatic rings. The van der Waals surface area contributed by atoms with Crippen molar-refractivity contribution in [2.75, 3.05) is 13.2 Å². The topological polar surface area (TPSA) is 88.5 Å². The minimum absolute atomic E-state index is 0.189. The Morgan fingerprint density at radius 3 is 2.50 bits per heavy atom. The van der Waals surface area contributed by atoms with Gasteiger partial charge in [0, 0.05) is 6.20 Å². The van der Waals surface area contributed by atoms with Crippen LogP contribution in [0.5, 0.6) is 5.75 Å². The Bertz CT molecular complexity index is 656. The van der Waals surface area contributed by atoms with Crippen LogP contribution < -0.4 is 10.1 Å². The highest BCUT2D eigenvalue weighted by atomic mass is 35.5. The summed E-state index contributed by atoms with van der Waals surface area (Å²) < 4.78 is 5.40. The zero-order chi connectivity index (χ0) is 15.9. The number of nitrogens with zero attached hydrogens (tertiary/aromatic N) is 1. The van der Waals surface area contributed by atoms with E-state index < -0.39 is 5.97 Å². The number of ether oxygens (including phenoxy) is 1. The third-order valence-electron chi connectivity index (χ3n) is 2.72. The van der Waals surface area contributed by atoms with Gasteiger partial charge in [0.15, 0.2) is 0 Å². The SMILES string of the molecule is O=C(O)c1ccc(OCCNC(=O)c2ccc(Cl)cn2)cc1. The maximum absolute atomic E-state index is 11.7. The van der Waals surface area contributed by atoms with E-state index in [1.165, 1.54) is 24.4 Å². The van der Waals surface area contributed by atoms with Crippen LogP contribution in [-0.2, 0) is 0 Å². The van der Waals surface area contributed by atoms with E-state index in [1.807, 2.05) is 0 Å². The van der Waals surface area contributed by atoms with Gasteiger partial charge in [0.25, 0.3) is 5.91 Å². The first-order valence-electron chi connectivity index (χ1n) is 6.42. The highest BCUT2D eigenvalue weighted by Gasteiger charge is 2.06. The van der Waals surface area contributed by atoms with Crippen LogP contribution in [0.25, 0.3) is 0 Å². The van der Waals surface area contributed by atoms with Crippen molar-refractivity contribution < 1.29 is 19.4 Å². The number of aromatic nitrogens is 1. The summed E-state index contributed by atoms with van der Waals surface area (Å²) in [5, 5.41) is 11.9. The molecule has 0 unspecified atom stereocenters. The molecule has 0 saturated carbocycles. The van der Waals surface area contributed by atoms with Crippen molar-refractivity contribution in [3.63, 3.8) is 0 Å². The van der Waals surface area contributed by atoms with Gasteiger partial charge in [-0.15, -0.1) is 0 Å². The largest absolute Gasteiger partial charge is 0.492 e. The van der Waals surface area contributed by atoms with E-state index >= 15 is 0 Å². The quantitative estimate of drug-likeness (QED) is 0.797. The number of halogens is 1. The van der Waals surface area contributed by atoms with E-state index in [0.29, 0.717) is 17.3 Å². The number of amides is 1. The fourth-order valence-corrected chi connectivity index (χ4v) is 1.74. The first kappa shape index (κ1) is 15.8. The molecule has 7 heteroatoms. The smallest absolute Gasteiger partial charge is 0.335 e. The molecule has 2 rings (SSSR count). The minimum atomic E-state index is -0.991. The van der Waals surface area contributed by atoms with E-state index in [-0.39, 0.29) is 23.8 Å². The van der Waals surface area contributed by atoms with Gasteiger partial charge in [-0.2, -0.15) is 0 Å². The van der Waals surface area contributed by atoms with Crippen LogP contribution in [-0.4, -0.2) is 35.1 Å². The van der Waals surface area contributed by atoms with Gasteiger partial charge < -0.3 is 15.2 Å². The lowest BCUT2D eigenvalue weighted by Gasteiger charge is -2.07. The van der Waals surface area contributed by atoms with Gasteiger partial charge in [-0.3, -0.25) is 4.79 Å². The van der Waals surface area contributed by atoms with Crippen molar-refractivity contribution in [3.05, 3.63) is 58.9 Å². The van der Waals surface area contributed by atoms with Gasteiger partial charge in [0.2, 0.25) is 0 Å². The molecule has 0 radical (unpaired) electrons. The fraction of sp³-hybridized carbons (Fsp3) is 0.133. The molecule has 0 aliphatic rings. The molecule has 22 heavy (non-hydrogen) atoms. The molecule has 1 aromatic carbocycles. The van der Waals surface area contributed by atoms with E-state index in [9.17, 15) is 9.59 Å². The minimum Gasteiger partial charge on any atom is -0.492 e. The van der Waals surface area contributed by atoms with Crippen LogP contribution in [0.2, 0.25) is 5.02 Å². The Labute approximate surface area is 131 Å². The van der Waals surface area contributed by atoms with Gasteiger partial charge in [0.05, 0.1) is 17.1 Å². The second-order valence-corrected chi connectivity index (χ2v) is 4.73. The van der Waals surface area contributed by atoms with Crippen molar-refractivity contribution in [2.45, 2.75) is 0 Å². The highest BCUT2D eigenvalue weighted by Crippen LogP contribution is 2.11.